The maximum Gasteiger partial charge on any atom is 0.213 e. The van der Waals surface area contributed by atoms with E-state index >= 15 is 0 Å². The summed E-state index contributed by atoms with van der Waals surface area (Å²) in [6.07, 6.45) is 5.22. The van der Waals surface area contributed by atoms with Gasteiger partial charge in [0.25, 0.3) is 0 Å². The van der Waals surface area contributed by atoms with Crippen LogP contribution in [0.3, 0.4) is 0 Å². The molecule has 132 valence electrons. The van der Waals surface area contributed by atoms with E-state index in [1.54, 1.807) is 6.20 Å². The van der Waals surface area contributed by atoms with Crippen molar-refractivity contribution in [2.75, 3.05) is 31.2 Å². The van der Waals surface area contributed by atoms with Crippen molar-refractivity contribution in [2.24, 2.45) is 5.41 Å². The number of aryl methyl sites for hydroxylation is 1. The van der Waals surface area contributed by atoms with E-state index in [4.69, 9.17) is 9.47 Å². The largest absolute Gasteiger partial charge is 0.475 e. The molecule has 4 rings (SSSR count). The summed E-state index contributed by atoms with van der Waals surface area (Å²) >= 11 is 0. The molecule has 0 aromatic carbocycles. The molecule has 2 fully saturated rings. The van der Waals surface area contributed by atoms with Crippen LogP contribution in [0.2, 0.25) is 0 Å². The van der Waals surface area contributed by atoms with Gasteiger partial charge in [-0.3, -0.25) is 0 Å². The van der Waals surface area contributed by atoms with E-state index in [0.29, 0.717) is 12.5 Å². The minimum absolute atomic E-state index is 0.160. The van der Waals surface area contributed by atoms with Crippen LogP contribution in [0.15, 0.2) is 36.5 Å². The Morgan fingerprint density at radius 2 is 2.08 bits per heavy atom. The quantitative estimate of drug-likeness (QED) is 0.853. The zero-order valence-electron chi connectivity index (χ0n) is 14.6. The molecular formula is C19H24N4O2. The van der Waals surface area contributed by atoms with Gasteiger partial charge >= 0.3 is 0 Å². The standard InChI is InChI=1S/C19H24N4O2/c1-15-5-6-17(22-21-15)23-10-7-19(8-11-23)12-16(25-14-19)13-24-18-4-2-3-9-20-18/h2-6,9,16H,7-8,10-14H2,1H3/t16-/m0/s1. The third-order valence-electron chi connectivity index (χ3n) is 5.27. The molecule has 2 aliphatic heterocycles. The zero-order valence-corrected chi connectivity index (χ0v) is 14.6. The van der Waals surface area contributed by atoms with E-state index in [1.807, 2.05) is 31.2 Å². The Kier molecular flexibility index (Phi) is 4.53. The fourth-order valence-electron chi connectivity index (χ4n) is 3.73. The highest BCUT2D eigenvalue weighted by Gasteiger charge is 2.42. The summed E-state index contributed by atoms with van der Waals surface area (Å²) in [6, 6.07) is 9.79. The van der Waals surface area contributed by atoms with Gasteiger partial charge in [0.15, 0.2) is 5.82 Å². The average Bonchev–Trinajstić information content (AvgIpc) is 3.05. The van der Waals surface area contributed by atoms with Crippen LogP contribution in [0.25, 0.3) is 0 Å². The summed E-state index contributed by atoms with van der Waals surface area (Å²) in [4.78, 5) is 6.52. The normalized spacial score (nSPS) is 22.3. The van der Waals surface area contributed by atoms with Gasteiger partial charge < -0.3 is 14.4 Å². The van der Waals surface area contributed by atoms with Crippen LogP contribution in [0.1, 0.15) is 25.0 Å². The van der Waals surface area contributed by atoms with Crippen LogP contribution < -0.4 is 9.64 Å². The molecule has 6 nitrogen and oxygen atoms in total. The number of ether oxygens (including phenoxy) is 2. The van der Waals surface area contributed by atoms with E-state index in [1.165, 1.54) is 0 Å². The molecule has 2 aromatic rings. The fourth-order valence-corrected chi connectivity index (χ4v) is 3.73. The molecule has 6 heteroatoms. The van der Waals surface area contributed by atoms with Gasteiger partial charge in [0.05, 0.1) is 18.4 Å². The third-order valence-corrected chi connectivity index (χ3v) is 5.27. The first-order valence-corrected chi connectivity index (χ1v) is 8.93. The monoisotopic (exact) mass is 340 g/mol. The molecule has 0 aliphatic carbocycles. The molecule has 4 heterocycles. The number of nitrogens with zero attached hydrogens (tertiary/aromatic N) is 4. The van der Waals surface area contributed by atoms with Crippen molar-refractivity contribution in [3.63, 3.8) is 0 Å². The molecule has 0 unspecified atom stereocenters. The molecule has 0 amide bonds. The first-order valence-electron chi connectivity index (χ1n) is 8.93. The molecule has 0 saturated carbocycles. The van der Waals surface area contributed by atoms with Gasteiger partial charge in [-0.05, 0) is 49.8 Å². The molecule has 0 radical (unpaired) electrons. The van der Waals surface area contributed by atoms with Crippen LogP contribution in [0, 0.1) is 12.3 Å². The van der Waals surface area contributed by atoms with Gasteiger partial charge in [-0.2, -0.15) is 5.10 Å². The first kappa shape index (κ1) is 16.3. The molecule has 0 bridgehead atoms. The predicted octanol–water partition coefficient (Wildman–Crippen LogP) is 2.63. The van der Waals surface area contributed by atoms with Gasteiger partial charge in [0, 0.05) is 25.4 Å². The van der Waals surface area contributed by atoms with Crippen molar-refractivity contribution >= 4 is 5.82 Å². The number of rotatable bonds is 4. The summed E-state index contributed by atoms with van der Waals surface area (Å²) in [5.41, 5.74) is 1.24. The number of pyridine rings is 1. The van der Waals surface area contributed by atoms with Crippen molar-refractivity contribution in [3.05, 3.63) is 42.2 Å². The minimum atomic E-state index is 0.160. The number of piperidine rings is 1. The average molecular weight is 340 g/mol. The lowest BCUT2D eigenvalue weighted by Gasteiger charge is -2.38. The van der Waals surface area contributed by atoms with Gasteiger partial charge in [-0.25, -0.2) is 4.98 Å². The highest BCUT2D eigenvalue weighted by Crippen LogP contribution is 2.42. The van der Waals surface area contributed by atoms with Crippen molar-refractivity contribution < 1.29 is 9.47 Å². The summed E-state index contributed by atoms with van der Waals surface area (Å²) < 4.78 is 11.8. The van der Waals surface area contributed by atoms with E-state index < -0.39 is 0 Å². The van der Waals surface area contributed by atoms with Gasteiger partial charge in [0.1, 0.15) is 6.61 Å². The van der Waals surface area contributed by atoms with Gasteiger partial charge in [-0.1, -0.05) is 6.07 Å². The smallest absolute Gasteiger partial charge is 0.213 e. The van der Waals surface area contributed by atoms with E-state index in [-0.39, 0.29) is 11.5 Å². The second kappa shape index (κ2) is 6.96. The lowest BCUT2D eigenvalue weighted by Crippen LogP contribution is -2.41. The molecule has 1 spiro atoms. The van der Waals surface area contributed by atoms with Crippen LogP contribution in [-0.4, -0.2) is 47.6 Å². The molecule has 2 aromatic heterocycles. The van der Waals surface area contributed by atoms with Crippen LogP contribution in [0.4, 0.5) is 5.82 Å². The Morgan fingerprint density at radius 3 is 2.80 bits per heavy atom. The van der Waals surface area contributed by atoms with Crippen molar-refractivity contribution in [1.82, 2.24) is 15.2 Å². The Labute approximate surface area is 148 Å². The highest BCUT2D eigenvalue weighted by molar-refractivity contribution is 5.38. The summed E-state index contributed by atoms with van der Waals surface area (Å²) in [5, 5.41) is 8.48. The van der Waals surface area contributed by atoms with Gasteiger partial charge in [-0.15, -0.1) is 5.10 Å². The minimum Gasteiger partial charge on any atom is -0.475 e. The predicted molar refractivity (Wildman–Crippen MR) is 94.7 cm³/mol. The van der Waals surface area contributed by atoms with Gasteiger partial charge in [0.2, 0.25) is 5.88 Å². The van der Waals surface area contributed by atoms with E-state index in [9.17, 15) is 0 Å². The Morgan fingerprint density at radius 1 is 1.20 bits per heavy atom. The molecular weight excluding hydrogens is 316 g/mol. The SMILES string of the molecule is Cc1ccc(N2CCC3(CC2)CO[C@H](COc2ccccn2)C3)nn1. The zero-order chi connectivity index (χ0) is 17.1. The second-order valence-electron chi connectivity index (χ2n) is 7.14. The fraction of sp³-hybridized carbons (Fsp3) is 0.526. The number of hydrogen-bond acceptors (Lipinski definition) is 6. The maximum atomic E-state index is 6.03. The van der Waals surface area contributed by atoms with Crippen LogP contribution in [0.5, 0.6) is 5.88 Å². The number of aromatic nitrogens is 3. The first-order chi connectivity index (χ1) is 12.2. The second-order valence-corrected chi connectivity index (χ2v) is 7.14. The van der Waals surface area contributed by atoms with Crippen LogP contribution >= 0.6 is 0 Å². The van der Waals surface area contributed by atoms with E-state index in [2.05, 4.69) is 26.1 Å². The number of hydrogen-bond donors (Lipinski definition) is 0. The molecule has 25 heavy (non-hydrogen) atoms. The van der Waals surface area contributed by atoms with E-state index in [0.717, 1.165) is 50.5 Å². The molecule has 0 N–H and O–H groups in total. The van der Waals surface area contributed by atoms with Crippen molar-refractivity contribution in [1.29, 1.82) is 0 Å². The topological polar surface area (TPSA) is 60.4 Å². The lowest BCUT2D eigenvalue weighted by molar-refractivity contribution is 0.0565. The van der Waals surface area contributed by atoms with Crippen LogP contribution in [-0.2, 0) is 4.74 Å². The summed E-state index contributed by atoms with van der Waals surface area (Å²) in [5.74, 6) is 1.65. The molecule has 2 aliphatic rings. The molecule has 2 saturated heterocycles. The molecule has 1 atom stereocenters. The van der Waals surface area contributed by atoms with Crippen molar-refractivity contribution in [2.45, 2.75) is 32.3 Å². The number of anilines is 1. The Balaban J connectivity index is 1.29. The third kappa shape index (κ3) is 3.74. The van der Waals surface area contributed by atoms with Crippen molar-refractivity contribution in [3.8, 4) is 5.88 Å². The maximum absolute atomic E-state index is 6.03. The highest BCUT2D eigenvalue weighted by atomic mass is 16.5. The Hall–Kier alpha value is -2.21. The lowest BCUT2D eigenvalue weighted by atomic mass is 9.76. The summed E-state index contributed by atoms with van der Waals surface area (Å²) in [6.45, 7) is 5.39. The Bertz CT molecular complexity index is 684. The summed E-state index contributed by atoms with van der Waals surface area (Å²) in [7, 11) is 0.